The molecular formula is C17H16ClNO4. The average molecular weight is 334 g/mol. The lowest BCUT2D eigenvalue weighted by molar-refractivity contribution is -0.119. The Bertz CT molecular complexity index is 730. The quantitative estimate of drug-likeness (QED) is 0.851. The number of ether oxygens (including phenoxy) is 2. The molecule has 1 amide bonds. The molecule has 23 heavy (non-hydrogen) atoms. The summed E-state index contributed by atoms with van der Waals surface area (Å²) in [6.07, 6.45) is 0. The van der Waals surface area contributed by atoms with Crippen LogP contribution in [0.2, 0.25) is 5.02 Å². The fraction of sp³-hybridized carbons (Fsp3) is 0.176. The summed E-state index contributed by atoms with van der Waals surface area (Å²) in [7, 11) is 1.48. The molecule has 0 bridgehead atoms. The van der Waals surface area contributed by atoms with Crippen LogP contribution in [0.3, 0.4) is 0 Å². The molecule has 5 nitrogen and oxygen atoms in total. The summed E-state index contributed by atoms with van der Waals surface area (Å²) in [5.41, 5.74) is 1.75. The number of anilines is 1. The van der Waals surface area contributed by atoms with Crippen LogP contribution in [-0.4, -0.2) is 25.6 Å². The summed E-state index contributed by atoms with van der Waals surface area (Å²) in [6, 6.07) is 11.8. The number of amides is 1. The van der Waals surface area contributed by atoms with Gasteiger partial charge in [-0.05, 0) is 37.3 Å². The van der Waals surface area contributed by atoms with Gasteiger partial charge in [-0.2, -0.15) is 0 Å². The molecule has 0 heterocycles. The Labute approximate surface area is 139 Å². The van der Waals surface area contributed by atoms with Crippen molar-refractivity contribution in [3.63, 3.8) is 0 Å². The van der Waals surface area contributed by atoms with Gasteiger partial charge in [-0.25, -0.2) is 4.79 Å². The van der Waals surface area contributed by atoms with E-state index in [9.17, 15) is 9.59 Å². The van der Waals surface area contributed by atoms with Gasteiger partial charge >= 0.3 is 5.97 Å². The van der Waals surface area contributed by atoms with Crippen molar-refractivity contribution in [2.45, 2.75) is 6.92 Å². The normalized spacial score (nSPS) is 10.0. The Morgan fingerprint density at radius 1 is 1.17 bits per heavy atom. The maximum absolute atomic E-state index is 11.9. The predicted octanol–water partition coefficient (Wildman–Crippen LogP) is 3.45. The van der Waals surface area contributed by atoms with Gasteiger partial charge in [-0.15, -0.1) is 0 Å². The minimum absolute atomic E-state index is 0.400. The number of benzene rings is 2. The van der Waals surface area contributed by atoms with E-state index >= 15 is 0 Å². The van der Waals surface area contributed by atoms with E-state index in [-0.39, 0.29) is 0 Å². The Morgan fingerprint density at radius 3 is 2.65 bits per heavy atom. The number of hydrogen-bond acceptors (Lipinski definition) is 4. The van der Waals surface area contributed by atoms with Gasteiger partial charge < -0.3 is 14.8 Å². The fourth-order valence-electron chi connectivity index (χ4n) is 1.95. The van der Waals surface area contributed by atoms with Crippen molar-refractivity contribution >= 4 is 29.2 Å². The van der Waals surface area contributed by atoms with Crippen molar-refractivity contribution in [1.29, 1.82) is 0 Å². The maximum Gasteiger partial charge on any atom is 0.338 e. The molecule has 0 aliphatic heterocycles. The first-order valence-electron chi connectivity index (χ1n) is 6.87. The number of nitrogens with one attached hydrogen (secondary N) is 1. The molecule has 0 aliphatic rings. The summed E-state index contributed by atoms with van der Waals surface area (Å²) in [5.74, 6) is -0.568. The molecular weight excluding hydrogens is 318 g/mol. The fourth-order valence-corrected chi connectivity index (χ4v) is 2.12. The third-order valence-corrected chi connectivity index (χ3v) is 3.26. The van der Waals surface area contributed by atoms with E-state index in [2.05, 4.69) is 5.32 Å². The lowest BCUT2D eigenvalue weighted by Gasteiger charge is -2.11. The van der Waals surface area contributed by atoms with Crippen LogP contribution in [0.15, 0.2) is 42.5 Å². The SMILES string of the molecule is COc1ccc(Cl)cc1NC(=O)COC(=O)c1cccc(C)c1. The summed E-state index contributed by atoms with van der Waals surface area (Å²) < 4.78 is 10.1. The van der Waals surface area contributed by atoms with Crippen LogP contribution in [0.1, 0.15) is 15.9 Å². The molecule has 2 rings (SSSR count). The highest BCUT2D eigenvalue weighted by Crippen LogP contribution is 2.27. The number of esters is 1. The molecule has 0 fully saturated rings. The van der Waals surface area contributed by atoms with E-state index in [1.807, 2.05) is 13.0 Å². The van der Waals surface area contributed by atoms with Gasteiger partial charge in [0.05, 0.1) is 18.4 Å². The van der Waals surface area contributed by atoms with Crippen molar-refractivity contribution in [3.05, 3.63) is 58.6 Å². The first-order valence-corrected chi connectivity index (χ1v) is 7.24. The van der Waals surface area contributed by atoms with E-state index < -0.39 is 18.5 Å². The average Bonchev–Trinajstić information content (AvgIpc) is 2.53. The second kappa shape index (κ2) is 7.65. The Hall–Kier alpha value is -2.53. The Kier molecular flexibility index (Phi) is 5.60. The van der Waals surface area contributed by atoms with Crippen LogP contribution in [-0.2, 0) is 9.53 Å². The second-order valence-electron chi connectivity index (χ2n) is 4.84. The van der Waals surface area contributed by atoms with E-state index in [0.717, 1.165) is 5.56 Å². The first kappa shape index (κ1) is 16.8. The standard InChI is InChI=1S/C17H16ClNO4/c1-11-4-3-5-12(8-11)17(21)23-10-16(20)19-14-9-13(18)6-7-15(14)22-2/h3-9H,10H2,1-2H3,(H,19,20). The third-order valence-electron chi connectivity index (χ3n) is 3.02. The van der Waals surface area contributed by atoms with E-state index in [1.165, 1.54) is 7.11 Å². The van der Waals surface area contributed by atoms with E-state index in [0.29, 0.717) is 22.0 Å². The number of halogens is 1. The summed E-state index contributed by atoms with van der Waals surface area (Å²) in [6.45, 7) is 1.47. The van der Waals surface area contributed by atoms with Gasteiger partial charge in [0, 0.05) is 5.02 Å². The smallest absolute Gasteiger partial charge is 0.338 e. The molecule has 6 heteroatoms. The van der Waals surface area contributed by atoms with Crippen LogP contribution in [0, 0.1) is 6.92 Å². The molecule has 0 saturated heterocycles. The van der Waals surface area contributed by atoms with E-state index in [1.54, 1.807) is 36.4 Å². The molecule has 0 radical (unpaired) electrons. The van der Waals surface area contributed by atoms with Crippen LogP contribution in [0.4, 0.5) is 5.69 Å². The third kappa shape index (κ3) is 4.72. The monoisotopic (exact) mass is 333 g/mol. The zero-order valence-electron chi connectivity index (χ0n) is 12.8. The van der Waals surface area contributed by atoms with Crippen molar-refractivity contribution in [1.82, 2.24) is 0 Å². The zero-order chi connectivity index (χ0) is 16.8. The van der Waals surface area contributed by atoms with Crippen molar-refractivity contribution in [2.24, 2.45) is 0 Å². The second-order valence-corrected chi connectivity index (χ2v) is 5.27. The van der Waals surface area contributed by atoms with Crippen LogP contribution >= 0.6 is 11.6 Å². The van der Waals surface area contributed by atoms with Gasteiger partial charge in [-0.1, -0.05) is 29.3 Å². The first-order chi connectivity index (χ1) is 11.0. The molecule has 0 aliphatic carbocycles. The van der Waals surface area contributed by atoms with Gasteiger partial charge in [0.15, 0.2) is 6.61 Å². The number of carbonyl (C=O) groups excluding carboxylic acids is 2. The number of rotatable bonds is 5. The summed E-state index contributed by atoms with van der Waals surface area (Å²) in [5, 5.41) is 3.05. The van der Waals surface area contributed by atoms with Gasteiger partial charge in [-0.3, -0.25) is 4.79 Å². The van der Waals surface area contributed by atoms with Crippen molar-refractivity contribution in [3.8, 4) is 5.75 Å². The highest BCUT2D eigenvalue weighted by molar-refractivity contribution is 6.31. The Morgan fingerprint density at radius 2 is 1.96 bits per heavy atom. The number of aryl methyl sites for hydroxylation is 1. The van der Waals surface area contributed by atoms with Crippen molar-refractivity contribution in [2.75, 3.05) is 19.0 Å². The number of hydrogen-bond donors (Lipinski definition) is 1. The minimum Gasteiger partial charge on any atom is -0.495 e. The molecule has 0 aromatic heterocycles. The van der Waals surface area contributed by atoms with Crippen molar-refractivity contribution < 1.29 is 19.1 Å². The molecule has 120 valence electrons. The minimum atomic E-state index is -0.554. The van der Waals surface area contributed by atoms with Gasteiger partial charge in [0.1, 0.15) is 5.75 Å². The number of methoxy groups -OCH3 is 1. The Balaban J connectivity index is 1.95. The topological polar surface area (TPSA) is 64.6 Å². The molecule has 0 spiro atoms. The highest BCUT2D eigenvalue weighted by atomic mass is 35.5. The lowest BCUT2D eigenvalue weighted by Crippen LogP contribution is -2.21. The molecule has 0 saturated carbocycles. The molecule has 0 atom stereocenters. The molecule has 2 aromatic carbocycles. The summed E-state index contributed by atoms with van der Waals surface area (Å²) in [4.78, 5) is 23.8. The van der Waals surface area contributed by atoms with Gasteiger partial charge in [0.25, 0.3) is 5.91 Å². The zero-order valence-corrected chi connectivity index (χ0v) is 13.5. The number of carbonyl (C=O) groups is 2. The van der Waals surface area contributed by atoms with E-state index in [4.69, 9.17) is 21.1 Å². The maximum atomic E-state index is 11.9. The molecule has 2 aromatic rings. The van der Waals surface area contributed by atoms with Crippen LogP contribution in [0.5, 0.6) is 5.75 Å². The van der Waals surface area contributed by atoms with Gasteiger partial charge in [0.2, 0.25) is 0 Å². The predicted molar refractivity (Wildman–Crippen MR) is 88.1 cm³/mol. The summed E-state index contributed by atoms with van der Waals surface area (Å²) >= 11 is 5.89. The lowest BCUT2D eigenvalue weighted by atomic mass is 10.1. The van der Waals surface area contributed by atoms with Crippen LogP contribution < -0.4 is 10.1 Å². The molecule has 0 unspecified atom stereocenters. The highest BCUT2D eigenvalue weighted by Gasteiger charge is 2.12. The molecule has 1 N–H and O–H groups in total. The van der Waals surface area contributed by atoms with Crippen LogP contribution in [0.25, 0.3) is 0 Å². The largest absolute Gasteiger partial charge is 0.495 e.